The Morgan fingerprint density at radius 3 is 2.69 bits per heavy atom. The first-order chi connectivity index (χ1) is 7.31. The summed E-state index contributed by atoms with van der Waals surface area (Å²) in [5.41, 5.74) is 1.72. The van der Waals surface area contributed by atoms with E-state index < -0.39 is 5.60 Å². The van der Waals surface area contributed by atoms with E-state index >= 15 is 0 Å². The van der Waals surface area contributed by atoms with Gasteiger partial charge in [-0.1, -0.05) is 25.5 Å². The van der Waals surface area contributed by atoms with Crippen LogP contribution < -0.4 is 0 Å². The topological polar surface area (TPSA) is 20.2 Å². The highest BCUT2D eigenvalue weighted by atomic mass is 16.3. The van der Waals surface area contributed by atoms with E-state index in [9.17, 15) is 5.11 Å². The Kier molecular flexibility index (Phi) is 1.86. The lowest BCUT2D eigenvalue weighted by atomic mass is 9.66. The molecule has 2 fully saturated rings. The fourth-order valence-electron chi connectivity index (χ4n) is 5.32. The molecule has 16 heavy (non-hydrogen) atoms. The van der Waals surface area contributed by atoms with E-state index in [0.29, 0.717) is 17.3 Å². The van der Waals surface area contributed by atoms with Crippen LogP contribution in [0.3, 0.4) is 0 Å². The maximum absolute atomic E-state index is 10.8. The Labute approximate surface area is 98.9 Å². The third-order valence-electron chi connectivity index (χ3n) is 6.36. The van der Waals surface area contributed by atoms with Crippen LogP contribution >= 0.6 is 0 Å². The zero-order valence-electron chi connectivity index (χ0n) is 11.0. The third-order valence-corrected chi connectivity index (χ3v) is 6.36. The number of allylic oxidation sites excluding steroid dienone is 2. The summed E-state index contributed by atoms with van der Waals surface area (Å²) >= 11 is 0. The second kappa shape index (κ2) is 2.75. The van der Waals surface area contributed by atoms with Crippen LogP contribution in [0.4, 0.5) is 0 Å². The van der Waals surface area contributed by atoms with Crippen molar-refractivity contribution in [2.24, 2.45) is 22.7 Å². The van der Waals surface area contributed by atoms with Gasteiger partial charge in [0.1, 0.15) is 0 Å². The predicted octanol–water partition coefficient (Wildman–Crippen LogP) is 3.53. The summed E-state index contributed by atoms with van der Waals surface area (Å²) in [6.45, 7) is 9.22. The molecule has 0 unspecified atom stereocenters. The molecule has 0 aromatic heterocycles. The van der Waals surface area contributed by atoms with Gasteiger partial charge < -0.3 is 5.11 Å². The van der Waals surface area contributed by atoms with E-state index in [-0.39, 0.29) is 5.41 Å². The van der Waals surface area contributed by atoms with Crippen LogP contribution in [0.2, 0.25) is 0 Å². The molecule has 0 heterocycles. The molecular weight excluding hydrogens is 196 g/mol. The first-order valence-electron chi connectivity index (χ1n) is 6.70. The second-order valence-electron chi connectivity index (χ2n) is 7.25. The Morgan fingerprint density at radius 2 is 2.00 bits per heavy atom. The number of hydrogen-bond donors (Lipinski definition) is 1. The molecule has 3 aliphatic rings. The molecule has 1 N–H and O–H groups in total. The molecule has 2 bridgehead atoms. The first kappa shape index (κ1) is 10.8. The highest BCUT2D eigenvalue weighted by Crippen LogP contribution is 2.72. The molecule has 0 aromatic rings. The molecule has 1 nitrogen and oxygen atoms in total. The Bertz CT molecular complexity index is 364. The van der Waals surface area contributed by atoms with Crippen LogP contribution in [0, 0.1) is 22.7 Å². The van der Waals surface area contributed by atoms with Gasteiger partial charge in [0.15, 0.2) is 0 Å². The summed E-state index contributed by atoms with van der Waals surface area (Å²) < 4.78 is 0. The molecule has 3 aliphatic carbocycles. The molecule has 1 spiro atoms. The van der Waals surface area contributed by atoms with Gasteiger partial charge in [0.2, 0.25) is 0 Å². The van der Waals surface area contributed by atoms with E-state index in [1.54, 1.807) is 5.57 Å². The van der Waals surface area contributed by atoms with Crippen molar-refractivity contribution in [3.05, 3.63) is 11.6 Å². The van der Waals surface area contributed by atoms with Crippen LogP contribution in [0.5, 0.6) is 0 Å². The zero-order chi connectivity index (χ0) is 11.8. The van der Waals surface area contributed by atoms with Gasteiger partial charge in [0.25, 0.3) is 0 Å². The van der Waals surface area contributed by atoms with Crippen LogP contribution in [0.1, 0.15) is 53.4 Å². The normalized spacial score (nSPS) is 53.7. The fraction of sp³-hybridized carbons (Fsp3) is 0.867. The van der Waals surface area contributed by atoms with Crippen LogP contribution in [0.15, 0.2) is 11.6 Å². The van der Waals surface area contributed by atoms with Crippen molar-refractivity contribution >= 4 is 0 Å². The quantitative estimate of drug-likeness (QED) is 0.619. The van der Waals surface area contributed by atoms with Crippen LogP contribution in [0.25, 0.3) is 0 Å². The highest BCUT2D eigenvalue weighted by Gasteiger charge is 2.68. The number of fused-ring (bicyclic) bond motifs is 1. The lowest BCUT2D eigenvalue weighted by Crippen LogP contribution is -2.43. The summed E-state index contributed by atoms with van der Waals surface area (Å²) in [5, 5.41) is 10.8. The largest absolute Gasteiger partial charge is 0.390 e. The maximum atomic E-state index is 10.8. The summed E-state index contributed by atoms with van der Waals surface area (Å²) in [7, 11) is 0. The summed E-state index contributed by atoms with van der Waals surface area (Å²) in [6.07, 6.45) is 6.96. The van der Waals surface area contributed by atoms with Crippen molar-refractivity contribution in [3.63, 3.8) is 0 Å². The molecule has 2 saturated carbocycles. The summed E-state index contributed by atoms with van der Waals surface area (Å²) in [5.74, 6) is 1.42. The van der Waals surface area contributed by atoms with Gasteiger partial charge in [-0.2, -0.15) is 0 Å². The minimum Gasteiger partial charge on any atom is -0.390 e. The Hall–Kier alpha value is -0.300. The van der Waals surface area contributed by atoms with Crippen molar-refractivity contribution in [2.75, 3.05) is 0 Å². The van der Waals surface area contributed by atoms with Crippen molar-refractivity contribution in [3.8, 4) is 0 Å². The minimum atomic E-state index is -0.430. The first-order valence-corrected chi connectivity index (χ1v) is 6.70. The SMILES string of the molecule is CC1=CC[C@]23C[C@H]1C(C)(C)[C@@H]2CC[C@]3(C)O. The van der Waals surface area contributed by atoms with Gasteiger partial charge in [-0.15, -0.1) is 0 Å². The molecule has 90 valence electrons. The van der Waals surface area contributed by atoms with Gasteiger partial charge in [0, 0.05) is 5.41 Å². The standard InChI is InChI=1S/C15H24O/c1-10-5-8-15-9-11(10)13(2,3)12(15)6-7-14(15,4)16/h5,11-12,16H,6-9H2,1-4H3/t11-,12+,14+,15+/m1/s1. The number of rotatable bonds is 0. The van der Waals surface area contributed by atoms with Gasteiger partial charge >= 0.3 is 0 Å². The number of hydrogen-bond acceptors (Lipinski definition) is 1. The highest BCUT2D eigenvalue weighted by molar-refractivity contribution is 5.28. The van der Waals surface area contributed by atoms with Crippen LogP contribution in [-0.4, -0.2) is 10.7 Å². The van der Waals surface area contributed by atoms with Gasteiger partial charge in [-0.25, -0.2) is 0 Å². The van der Waals surface area contributed by atoms with E-state index in [1.165, 1.54) is 12.8 Å². The molecule has 0 saturated heterocycles. The summed E-state index contributed by atoms with van der Waals surface area (Å²) in [6, 6.07) is 0. The molecular formula is C15H24O. The Balaban J connectivity index is 2.14. The lowest BCUT2D eigenvalue weighted by molar-refractivity contribution is -0.0614. The monoisotopic (exact) mass is 220 g/mol. The second-order valence-corrected chi connectivity index (χ2v) is 7.25. The predicted molar refractivity (Wildman–Crippen MR) is 66.0 cm³/mol. The van der Waals surface area contributed by atoms with Crippen molar-refractivity contribution in [2.45, 2.75) is 59.0 Å². The molecule has 0 radical (unpaired) electrons. The van der Waals surface area contributed by atoms with Crippen molar-refractivity contribution < 1.29 is 5.11 Å². The lowest BCUT2D eigenvalue weighted by Gasteiger charge is -2.42. The smallest absolute Gasteiger partial charge is 0.0681 e. The van der Waals surface area contributed by atoms with Crippen molar-refractivity contribution in [1.29, 1.82) is 0 Å². The molecule has 4 atom stereocenters. The van der Waals surface area contributed by atoms with Crippen molar-refractivity contribution in [1.82, 2.24) is 0 Å². The van der Waals surface area contributed by atoms with E-state index in [4.69, 9.17) is 0 Å². The fourth-order valence-corrected chi connectivity index (χ4v) is 5.32. The molecule has 0 aliphatic heterocycles. The van der Waals surface area contributed by atoms with E-state index in [2.05, 4.69) is 33.8 Å². The summed E-state index contributed by atoms with van der Waals surface area (Å²) in [4.78, 5) is 0. The minimum absolute atomic E-state index is 0.195. The van der Waals surface area contributed by atoms with Gasteiger partial charge in [-0.05, 0) is 56.8 Å². The number of aliphatic hydroxyl groups is 1. The zero-order valence-corrected chi connectivity index (χ0v) is 11.0. The van der Waals surface area contributed by atoms with Gasteiger partial charge in [0.05, 0.1) is 5.60 Å². The molecule has 1 heteroatoms. The Morgan fingerprint density at radius 1 is 1.31 bits per heavy atom. The molecule has 0 aromatic carbocycles. The van der Waals surface area contributed by atoms with E-state index in [0.717, 1.165) is 12.8 Å². The molecule has 0 amide bonds. The average Bonchev–Trinajstić information content (AvgIpc) is 2.53. The third kappa shape index (κ3) is 0.971. The van der Waals surface area contributed by atoms with Crippen LogP contribution in [-0.2, 0) is 0 Å². The average molecular weight is 220 g/mol. The van der Waals surface area contributed by atoms with E-state index in [1.807, 2.05) is 0 Å². The van der Waals surface area contributed by atoms with Gasteiger partial charge in [-0.3, -0.25) is 0 Å². The maximum Gasteiger partial charge on any atom is 0.0681 e. The molecule has 3 rings (SSSR count).